The second-order valence-corrected chi connectivity index (χ2v) is 10.6. The fourth-order valence-electron chi connectivity index (χ4n) is 4.96. The highest BCUT2D eigenvalue weighted by Crippen LogP contribution is 2.47. The first-order valence-electron chi connectivity index (χ1n) is 12.6. The molecule has 5 rings (SSSR count). The summed E-state index contributed by atoms with van der Waals surface area (Å²) in [6.45, 7) is 5.45. The molecule has 3 heterocycles. The normalized spacial score (nSPS) is 22.4. The molecule has 2 aromatic rings. The topological polar surface area (TPSA) is 115 Å². The van der Waals surface area contributed by atoms with Gasteiger partial charge in [0.2, 0.25) is 0 Å². The molecule has 1 aromatic carbocycles. The fraction of sp³-hybridized carbons (Fsp3) is 0.538. The molecular formula is C26H30ClFN6O3. The highest BCUT2D eigenvalue weighted by molar-refractivity contribution is 6.30. The second-order valence-electron chi connectivity index (χ2n) is 10.1. The number of fused-ring (bicyclic) bond motifs is 1. The van der Waals surface area contributed by atoms with Crippen LogP contribution in [0.15, 0.2) is 24.5 Å². The molecule has 0 spiro atoms. The molecule has 1 aromatic heterocycles. The molecular weight excluding hydrogens is 499 g/mol. The summed E-state index contributed by atoms with van der Waals surface area (Å²) in [5, 5.41) is 24.7. The molecule has 196 valence electrons. The molecule has 11 heteroatoms. The van der Waals surface area contributed by atoms with Crippen molar-refractivity contribution in [1.82, 2.24) is 25.1 Å². The minimum atomic E-state index is -1.32. The number of hydrogen-bond donors (Lipinski definition) is 2. The van der Waals surface area contributed by atoms with Crippen molar-refractivity contribution in [3.63, 3.8) is 0 Å². The van der Waals surface area contributed by atoms with Gasteiger partial charge in [-0.3, -0.25) is 9.69 Å². The van der Waals surface area contributed by atoms with Gasteiger partial charge >= 0.3 is 0 Å². The predicted molar refractivity (Wildman–Crippen MR) is 133 cm³/mol. The van der Waals surface area contributed by atoms with Crippen LogP contribution in [0.25, 0.3) is 0 Å². The summed E-state index contributed by atoms with van der Waals surface area (Å²) in [7, 11) is 0. The molecule has 2 N–H and O–H groups in total. The third kappa shape index (κ3) is 5.19. The van der Waals surface area contributed by atoms with E-state index in [1.165, 1.54) is 23.4 Å². The van der Waals surface area contributed by atoms with Crippen molar-refractivity contribution in [3.8, 4) is 6.07 Å². The first-order chi connectivity index (χ1) is 17.8. The highest BCUT2D eigenvalue weighted by atomic mass is 35.5. The minimum Gasteiger partial charge on any atom is -0.384 e. The third-order valence-electron chi connectivity index (χ3n) is 7.56. The lowest BCUT2D eigenvalue weighted by Gasteiger charge is -2.36. The number of nitrogens with zero attached hydrogens (tertiary/aromatic N) is 5. The lowest BCUT2D eigenvalue weighted by atomic mass is 9.88. The molecule has 1 saturated carbocycles. The molecule has 1 aliphatic carbocycles. The van der Waals surface area contributed by atoms with Crippen LogP contribution in [0.1, 0.15) is 59.7 Å². The van der Waals surface area contributed by atoms with Crippen molar-refractivity contribution >= 4 is 17.5 Å². The summed E-state index contributed by atoms with van der Waals surface area (Å²) >= 11 is 5.90. The second kappa shape index (κ2) is 10.2. The van der Waals surface area contributed by atoms with E-state index in [1.807, 2.05) is 6.92 Å². The van der Waals surface area contributed by atoms with Crippen LogP contribution in [0.3, 0.4) is 0 Å². The number of carbonyl (C=O) groups excluding carboxylic acids is 1. The summed E-state index contributed by atoms with van der Waals surface area (Å²) in [5.41, 5.74) is -1.32. The molecule has 2 atom stereocenters. The van der Waals surface area contributed by atoms with Gasteiger partial charge in [-0.2, -0.15) is 5.26 Å². The van der Waals surface area contributed by atoms with E-state index in [9.17, 15) is 15.2 Å². The maximum absolute atomic E-state index is 15.8. The standard InChI is InChI=1S/C26H30ClFN6O3/c1-2-26(36,15-33-7-5-30-6-8-33)17-9-19-22(20(28)10-17)24(37-16-25(14-29)3-4-25)34(23(19)35)13-21-31-11-18(27)12-32-21/h9-12,24,30,36H,2-8,13,15-16H2,1H3/t24-,26?/m1/s1. The van der Waals surface area contributed by atoms with Crippen molar-refractivity contribution in [1.29, 1.82) is 5.26 Å². The Morgan fingerprint density at radius 1 is 1.32 bits per heavy atom. The minimum absolute atomic E-state index is 0.0253. The number of rotatable bonds is 9. The van der Waals surface area contributed by atoms with Gasteiger partial charge in [0.25, 0.3) is 5.91 Å². The Hall–Kier alpha value is -2.68. The van der Waals surface area contributed by atoms with Gasteiger partial charge in [-0.1, -0.05) is 18.5 Å². The highest BCUT2D eigenvalue weighted by Gasteiger charge is 2.47. The average molecular weight is 529 g/mol. The number of nitriles is 1. The molecule has 1 amide bonds. The number of aromatic nitrogens is 2. The predicted octanol–water partition coefficient (Wildman–Crippen LogP) is 2.75. The van der Waals surface area contributed by atoms with E-state index in [0.717, 1.165) is 26.2 Å². The molecule has 0 radical (unpaired) electrons. The molecule has 3 aliphatic rings. The van der Waals surface area contributed by atoms with Crippen LogP contribution in [0.4, 0.5) is 4.39 Å². The van der Waals surface area contributed by atoms with Crippen molar-refractivity contribution in [3.05, 3.63) is 57.9 Å². The lowest BCUT2D eigenvalue weighted by molar-refractivity contribution is -0.0557. The van der Waals surface area contributed by atoms with Gasteiger partial charge in [0, 0.05) is 50.7 Å². The SMILES string of the molecule is CCC(O)(CN1CCNCC1)c1cc(F)c2c(c1)C(=O)N(Cc1ncc(Cl)cn1)[C@@H]2OCC1(C#N)CC1. The fourth-order valence-corrected chi connectivity index (χ4v) is 5.05. The van der Waals surface area contributed by atoms with Crippen LogP contribution in [0, 0.1) is 22.6 Å². The number of nitrogens with one attached hydrogen (secondary N) is 1. The van der Waals surface area contributed by atoms with E-state index in [-0.39, 0.29) is 24.3 Å². The third-order valence-corrected chi connectivity index (χ3v) is 7.76. The van der Waals surface area contributed by atoms with Crippen LogP contribution in [-0.4, -0.2) is 70.1 Å². The zero-order valence-electron chi connectivity index (χ0n) is 20.7. The van der Waals surface area contributed by atoms with E-state index >= 15 is 4.39 Å². The van der Waals surface area contributed by atoms with E-state index in [0.29, 0.717) is 42.2 Å². The van der Waals surface area contributed by atoms with Crippen LogP contribution in [-0.2, 0) is 16.9 Å². The van der Waals surface area contributed by atoms with Crippen LogP contribution < -0.4 is 5.32 Å². The van der Waals surface area contributed by atoms with Crippen LogP contribution in [0.5, 0.6) is 0 Å². The molecule has 2 aliphatic heterocycles. The largest absolute Gasteiger partial charge is 0.384 e. The molecule has 37 heavy (non-hydrogen) atoms. The van der Waals surface area contributed by atoms with Crippen LogP contribution in [0.2, 0.25) is 5.02 Å². The Morgan fingerprint density at radius 3 is 2.65 bits per heavy atom. The quantitative estimate of drug-likeness (QED) is 0.510. The van der Waals surface area contributed by atoms with Gasteiger partial charge < -0.3 is 20.1 Å². The van der Waals surface area contributed by atoms with E-state index in [2.05, 4.69) is 26.3 Å². The number of piperazine rings is 1. The number of carbonyl (C=O) groups is 1. The van der Waals surface area contributed by atoms with Crippen molar-refractivity contribution in [2.75, 3.05) is 39.3 Å². The van der Waals surface area contributed by atoms with E-state index < -0.39 is 29.0 Å². The number of aliphatic hydroxyl groups is 1. The summed E-state index contributed by atoms with van der Waals surface area (Å²) in [4.78, 5) is 25.5. The van der Waals surface area contributed by atoms with E-state index in [4.69, 9.17) is 16.3 Å². The van der Waals surface area contributed by atoms with Gasteiger partial charge in [0.15, 0.2) is 6.23 Å². The summed E-state index contributed by atoms with van der Waals surface area (Å²) in [6, 6.07) is 5.17. The summed E-state index contributed by atoms with van der Waals surface area (Å²) < 4.78 is 21.9. The Labute approximate surface area is 220 Å². The zero-order chi connectivity index (χ0) is 26.2. The Bertz CT molecular complexity index is 1210. The maximum atomic E-state index is 15.8. The average Bonchev–Trinajstić information content (AvgIpc) is 3.64. The summed E-state index contributed by atoms with van der Waals surface area (Å²) in [6.07, 6.45) is 3.58. The molecule has 1 unspecified atom stereocenters. The molecule has 0 bridgehead atoms. The van der Waals surface area contributed by atoms with Gasteiger partial charge in [-0.15, -0.1) is 0 Å². The smallest absolute Gasteiger partial charge is 0.257 e. The number of amides is 1. The monoisotopic (exact) mass is 528 g/mol. The van der Waals surface area contributed by atoms with Gasteiger partial charge in [0.1, 0.15) is 17.2 Å². The van der Waals surface area contributed by atoms with Crippen LogP contribution >= 0.6 is 11.6 Å². The van der Waals surface area contributed by atoms with Crippen molar-refractivity contribution in [2.45, 2.75) is 44.6 Å². The first kappa shape index (κ1) is 25.9. The molecule has 9 nitrogen and oxygen atoms in total. The number of hydrogen-bond acceptors (Lipinski definition) is 8. The first-order valence-corrected chi connectivity index (χ1v) is 12.9. The Kier molecular flexibility index (Phi) is 7.18. The lowest BCUT2D eigenvalue weighted by Crippen LogP contribution is -2.49. The van der Waals surface area contributed by atoms with Gasteiger partial charge in [-0.25, -0.2) is 14.4 Å². The molecule has 1 saturated heterocycles. The Morgan fingerprint density at radius 2 is 2.03 bits per heavy atom. The number of β-amino-alcohol motifs (C(OH)–C–C–N with tert-alkyl or cyclic N) is 1. The van der Waals surface area contributed by atoms with Gasteiger partial charge in [-0.05, 0) is 37.0 Å². The zero-order valence-corrected chi connectivity index (χ0v) is 21.5. The molecule has 2 fully saturated rings. The Balaban J connectivity index is 1.48. The number of halogens is 2. The van der Waals surface area contributed by atoms with Crippen molar-refractivity contribution in [2.24, 2.45) is 5.41 Å². The summed E-state index contributed by atoms with van der Waals surface area (Å²) in [5.74, 6) is -0.744. The maximum Gasteiger partial charge on any atom is 0.257 e. The van der Waals surface area contributed by atoms with Gasteiger partial charge in [0.05, 0.1) is 35.2 Å². The van der Waals surface area contributed by atoms with Crippen molar-refractivity contribution < 1.29 is 19.0 Å². The number of benzene rings is 1. The van der Waals surface area contributed by atoms with E-state index in [1.54, 1.807) is 6.07 Å². The number of ether oxygens (including phenoxy) is 1.